The number of hydrogen-bond acceptors (Lipinski definition) is 4. The summed E-state index contributed by atoms with van der Waals surface area (Å²) in [6.07, 6.45) is 4.84. The van der Waals surface area contributed by atoms with Crippen molar-refractivity contribution in [3.8, 4) is 5.75 Å². The van der Waals surface area contributed by atoms with E-state index in [1.165, 1.54) is 0 Å². The van der Waals surface area contributed by atoms with E-state index in [2.05, 4.69) is 10.3 Å². The number of imidazole rings is 1. The third-order valence-corrected chi connectivity index (χ3v) is 3.22. The number of ether oxygens (including phenoxy) is 1. The van der Waals surface area contributed by atoms with Crippen LogP contribution in [-0.2, 0) is 11.3 Å². The minimum absolute atomic E-state index is 0.0586. The van der Waals surface area contributed by atoms with Gasteiger partial charge in [0, 0.05) is 31.0 Å². The Kier molecular flexibility index (Phi) is 4.81. The van der Waals surface area contributed by atoms with E-state index in [-0.39, 0.29) is 5.91 Å². The molecule has 0 spiro atoms. The maximum absolute atomic E-state index is 12.0. The first kappa shape index (κ1) is 14.9. The molecule has 0 saturated heterocycles. The second-order valence-corrected chi connectivity index (χ2v) is 4.78. The Bertz CT molecular complexity index is 622. The van der Waals surface area contributed by atoms with Gasteiger partial charge in [0.15, 0.2) is 0 Å². The fraction of sp³-hybridized carbons (Fsp3) is 0.333. The fourth-order valence-corrected chi connectivity index (χ4v) is 2.09. The summed E-state index contributed by atoms with van der Waals surface area (Å²) >= 11 is 0. The Morgan fingerprint density at radius 3 is 2.95 bits per heavy atom. The van der Waals surface area contributed by atoms with Crippen molar-refractivity contribution >= 4 is 17.3 Å². The molecule has 1 aromatic carbocycles. The highest BCUT2D eigenvalue weighted by molar-refractivity contribution is 5.92. The number of benzene rings is 1. The summed E-state index contributed by atoms with van der Waals surface area (Å²) in [5, 5.41) is 2.83. The summed E-state index contributed by atoms with van der Waals surface area (Å²) < 4.78 is 7.22. The quantitative estimate of drug-likeness (QED) is 0.798. The number of aryl methyl sites for hydroxylation is 2. The Hall–Kier alpha value is -2.50. The Balaban J connectivity index is 1.87. The maximum Gasteiger partial charge on any atom is 0.224 e. The highest BCUT2D eigenvalue weighted by Crippen LogP contribution is 2.26. The van der Waals surface area contributed by atoms with Gasteiger partial charge >= 0.3 is 0 Å². The Morgan fingerprint density at radius 1 is 1.48 bits per heavy atom. The largest absolute Gasteiger partial charge is 0.495 e. The van der Waals surface area contributed by atoms with Gasteiger partial charge in [0.05, 0.1) is 12.8 Å². The predicted octanol–water partition coefficient (Wildman–Crippen LogP) is 2.20. The Morgan fingerprint density at radius 2 is 2.29 bits per heavy atom. The third kappa shape index (κ3) is 3.98. The number of nitrogens with one attached hydrogen (secondary N) is 1. The van der Waals surface area contributed by atoms with Gasteiger partial charge in [-0.25, -0.2) is 4.98 Å². The average Bonchev–Trinajstić information content (AvgIpc) is 2.85. The van der Waals surface area contributed by atoms with Crippen LogP contribution < -0.4 is 15.8 Å². The van der Waals surface area contributed by atoms with E-state index in [0.29, 0.717) is 23.5 Å². The van der Waals surface area contributed by atoms with Gasteiger partial charge < -0.3 is 20.4 Å². The normalized spacial score (nSPS) is 10.4. The third-order valence-electron chi connectivity index (χ3n) is 3.22. The molecule has 1 amide bonds. The molecule has 112 valence electrons. The van der Waals surface area contributed by atoms with Crippen LogP contribution in [0.2, 0.25) is 0 Å². The monoisotopic (exact) mass is 288 g/mol. The zero-order valence-corrected chi connectivity index (χ0v) is 12.3. The number of nitrogens with two attached hydrogens (primary N) is 1. The first-order chi connectivity index (χ1) is 10.1. The van der Waals surface area contributed by atoms with Crippen molar-refractivity contribution in [1.29, 1.82) is 0 Å². The van der Waals surface area contributed by atoms with Crippen LogP contribution in [0.25, 0.3) is 0 Å². The van der Waals surface area contributed by atoms with Crippen LogP contribution in [0.1, 0.15) is 18.7 Å². The van der Waals surface area contributed by atoms with Gasteiger partial charge in [0.25, 0.3) is 0 Å². The van der Waals surface area contributed by atoms with Crippen molar-refractivity contribution in [1.82, 2.24) is 9.55 Å². The molecule has 6 nitrogen and oxygen atoms in total. The molecular weight excluding hydrogens is 268 g/mol. The minimum Gasteiger partial charge on any atom is -0.495 e. The Labute approximate surface area is 123 Å². The van der Waals surface area contributed by atoms with Crippen molar-refractivity contribution in [2.45, 2.75) is 26.3 Å². The molecule has 2 rings (SSSR count). The molecule has 2 aromatic rings. The number of aromatic nitrogens is 2. The molecule has 0 saturated carbocycles. The molecule has 0 bridgehead atoms. The number of anilines is 2. The van der Waals surface area contributed by atoms with E-state index in [0.717, 1.165) is 18.8 Å². The van der Waals surface area contributed by atoms with Crippen LogP contribution in [0.5, 0.6) is 5.75 Å². The first-order valence-corrected chi connectivity index (χ1v) is 6.81. The van der Waals surface area contributed by atoms with E-state index in [1.54, 1.807) is 31.5 Å². The summed E-state index contributed by atoms with van der Waals surface area (Å²) in [6, 6.07) is 5.16. The summed E-state index contributed by atoms with van der Waals surface area (Å²) in [4.78, 5) is 16.1. The number of nitrogen functional groups attached to an aromatic ring is 1. The van der Waals surface area contributed by atoms with Crippen LogP contribution in [-0.4, -0.2) is 22.6 Å². The standard InChI is InChI=1S/C15H20N4O2/c1-11-17-7-9-19(11)8-3-4-15(20)18-13-10-12(16)5-6-14(13)21-2/h5-7,9-10H,3-4,8,16H2,1-2H3,(H,18,20). The predicted molar refractivity (Wildman–Crippen MR) is 82.2 cm³/mol. The number of carbonyl (C=O) groups excluding carboxylic acids is 1. The van der Waals surface area contributed by atoms with Gasteiger partial charge in [-0.2, -0.15) is 0 Å². The lowest BCUT2D eigenvalue weighted by atomic mass is 10.2. The number of nitrogens with zero attached hydrogens (tertiary/aromatic N) is 2. The van der Waals surface area contributed by atoms with E-state index in [4.69, 9.17) is 10.5 Å². The number of amides is 1. The van der Waals surface area contributed by atoms with Crippen LogP contribution in [0.15, 0.2) is 30.6 Å². The van der Waals surface area contributed by atoms with Crippen molar-refractivity contribution in [2.75, 3.05) is 18.2 Å². The van der Waals surface area contributed by atoms with E-state index in [1.807, 2.05) is 17.7 Å². The first-order valence-electron chi connectivity index (χ1n) is 6.81. The second kappa shape index (κ2) is 6.78. The summed E-state index contributed by atoms with van der Waals surface area (Å²) in [7, 11) is 1.56. The molecule has 0 aliphatic carbocycles. The van der Waals surface area contributed by atoms with Gasteiger partial charge in [-0.15, -0.1) is 0 Å². The lowest BCUT2D eigenvalue weighted by Gasteiger charge is -2.11. The zero-order valence-electron chi connectivity index (χ0n) is 12.3. The molecule has 0 aliphatic rings. The lowest BCUT2D eigenvalue weighted by molar-refractivity contribution is -0.116. The smallest absolute Gasteiger partial charge is 0.224 e. The highest BCUT2D eigenvalue weighted by atomic mass is 16.5. The van der Waals surface area contributed by atoms with Gasteiger partial charge in [-0.05, 0) is 31.5 Å². The molecule has 0 aliphatic heterocycles. The molecule has 3 N–H and O–H groups in total. The van der Waals surface area contributed by atoms with Crippen LogP contribution in [0.3, 0.4) is 0 Å². The fourth-order valence-electron chi connectivity index (χ4n) is 2.09. The van der Waals surface area contributed by atoms with Crippen LogP contribution >= 0.6 is 0 Å². The molecular formula is C15H20N4O2. The van der Waals surface area contributed by atoms with Crippen LogP contribution in [0.4, 0.5) is 11.4 Å². The lowest BCUT2D eigenvalue weighted by Crippen LogP contribution is -2.13. The topological polar surface area (TPSA) is 82.2 Å². The van der Waals surface area contributed by atoms with Gasteiger partial charge in [-0.3, -0.25) is 4.79 Å². The van der Waals surface area contributed by atoms with Crippen molar-refractivity contribution in [3.05, 3.63) is 36.4 Å². The van der Waals surface area contributed by atoms with Crippen molar-refractivity contribution in [3.63, 3.8) is 0 Å². The molecule has 21 heavy (non-hydrogen) atoms. The van der Waals surface area contributed by atoms with Crippen LogP contribution in [0, 0.1) is 6.92 Å². The van der Waals surface area contributed by atoms with Gasteiger partial charge in [0.1, 0.15) is 11.6 Å². The van der Waals surface area contributed by atoms with E-state index in [9.17, 15) is 4.79 Å². The SMILES string of the molecule is COc1ccc(N)cc1NC(=O)CCCn1ccnc1C. The zero-order chi connectivity index (χ0) is 15.2. The summed E-state index contributed by atoms with van der Waals surface area (Å²) in [5.41, 5.74) is 6.90. The van der Waals surface area contributed by atoms with Gasteiger partial charge in [0.2, 0.25) is 5.91 Å². The average molecular weight is 288 g/mol. The van der Waals surface area contributed by atoms with Gasteiger partial charge in [-0.1, -0.05) is 0 Å². The number of carbonyl (C=O) groups is 1. The van der Waals surface area contributed by atoms with Crippen molar-refractivity contribution < 1.29 is 9.53 Å². The second-order valence-electron chi connectivity index (χ2n) is 4.78. The molecule has 0 fully saturated rings. The maximum atomic E-state index is 12.0. The molecule has 0 unspecified atom stereocenters. The molecule has 1 heterocycles. The highest BCUT2D eigenvalue weighted by Gasteiger charge is 2.08. The number of methoxy groups -OCH3 is 1. The molecule has 0 radical (unpaired) electrons. The summed E-state index contributed by atoms with van der Waals surface area (Å²) in [6.45, 7) is 2.71. The molecule has 6 heteroatoms. The van der Waals surface area contributed by atoms with E-state index >= 15 is 0 Å². The summed E-state index contributed by atoms with van der Waals surface area (Å²) in [5.74, 6) is 1.49. The molecule has 0 atom stereocenters. The molecule has 1 aromatic heterocycles. The van der Waals surface area contributed by atoms with E-state index < -0.39 is 0 Å². The number of rotatable bonds is 6. The number of hydrogen-bond donors (Lipinski definition) is 2. The van der Waals surface area contributed by atoms with Crippen molar-refractivity contribution in [2.24, 2.45) is 0 Å². The minimum atomic E-state index is -0.0586.